The number of hydrogen-bond acceptors (Lipinski definition) is 2. The maximum absolute atomic E-state index is 12.8. The lowest BCUT2D eigenvalue weighted by molar-refractivity contribution is -0.137. The van der Waals surface area contributed by atoms with Gasteiger partial charge in [0.05, 0.1) is 11.6 Å². The lowest BCUT2D eigenvalue weighted by Crippen LogP contribution is -2.21. The molecule has 0 heterocycles. The molecule has 0 aliphatic carbocycles. The molecule has 2 aromatic rings. The lowest BCUT2D eigenvalue weighted by Gasteiger charge is -2.20. The molecule has 21 heavy (non-hydrogen) atoms. The Kier molecular flexibility index (Phi) is 4.53. The van der Waals surface area contributed by atoms with Gasteiger partial charge in [-0.25, -0.2) is 0 Å². The van der Waals surface area contributed by atoms with Crippen molar-refractivity contribution in [2.75, 3.05) is 11.9 Å². The van der Waals surface area contributed by atoms with Crippen LogP contribution in [0.15, 0.2) is 48.5 Å². The summed E-state index contributed by atoms with van der Waals surface area (Å²) in [4.78, 5) is 0. The number of aryl methyl sites for hydroxylation is 1. The summed E-state index contributed by atoms with van der Waals surface area (Å²) >= 11 is 0. The second kappa shape index (κ2) is 6.18. The van der Waals surface area contributed by atoms with E-state index in [1.165, 1.54) is 6.07 Å². The van der Waals surface area contributed by atoms with Gasteiger partial charge >= 0.3 is 6.18 Å². The van der Waals surface area contributed by atoms with Gasteiger partial charge in [0, 0.05) is 12.2 Å². The third-order valence-corrected chi connectivity index (χ3v) is 3.24. The molecule has 0 saturated carbocycles. The second-order valence-corrected chi connectivity index (χ2v) is 4.92. The molecule has 0 radical (unpaired) electrons. The molecule has 2 nitrogen and oxygen atoms in total. The Balaban J connectivity index is 2.23. The van der Waals surface area contributed by atoms with Gasteiger partial charge in [-0.05, 0) is 36.8 Å². The zero-order valence-corrected chi connectivity index (χ0v) is 11.6. The van der Waals surface area contributed by atoms with Crippen LogP contribution < -0.4 is 11.1 Å². The lowest BCUT2D eigenvalue weighted by atomic mass is 10.0. The van der Waals surface area contributed by atoms with Crippen molar-refractivity contribution < 1.29 is 13.2 Å². The van der Waals surface area contributed by atoms with Crippen LogP contribution in [-0.4, -0.2) is 6.54 Å². The normalized spacial score (nSPS) is 13.0. The van der Waals surface area contributed by atoms with Gasteiger partial charge in [0.25, 0.3) is 0 Å². The van der Waals surface area contributed by atoms with Gasteiger partial charge in [-0.3, -0.25) is 0 Å². The molecule has 0 bridgehead atoms. The highest BCUT2D eigenvalue weighted by atomic mass is 19.4. The van der Waals surface area contributed by atoms with E-state index in [4.69, 9.17) is 5.73 Å². The molecule has 0 aliphatic rings. The fourth-order valence-electron chi connectivity index (χ4n) is 2.06. The summed E-state index contributed by atoms with van der Waals surface area (Å²) in [5.41, 5.74) is 7.50. The monoisotopic (exact) mass is 294 g/mol. The van der Waals surface area contributed by atoms with Crippen molar-refractivity contribution in [1.29, 1.82) is 0 Å². The summed E-state index contributed by atoms with van der Waals surface area (Å²) in [6, 6.07) is 12.5. The number of alkyl halides is 3. The van der Waals surface area contributed by atoms with E-state index in [9.17, 15) is 13.2 Å². The molecule has 0 saturated heterocycles. The number of anilines is 1. The summed E-state index contributed by atoms with van der Waals surface area (Å²) < 4.78 is 38.3. The third kappa shape index (κ3) is 3.98. The number of hydrogen-bond donors (Lipinski definition) is 2. The Labute approximate surface area is 121 Å². The van der Waals surface area contributed by atoms with Crippen molar-refractivity contribution in [3.05, 3.63) is 65.2 Å². The minimum Gasteiger partial charge on any atom is -0.377 e. The van der Waals surface area contributed by atoms with E-state index in [2.05, 4.69) is 5.32 Å². The van der Waals surface area contributed by atoms with E-state index in [0.29, 0.717) is 5.56 Å². The molecule has 0 fully saturated rings. The first-order valence-electron chi connectivity index (χ1n) is 6.60. The summed E-state index contributed by atoms with van der Waals surface area (Å²) in [6.45, 7) is 2.17. The van der Waals surface area contributed by atoms with E-state index in [0.717, 1.165) is 23.4 Å². The average molecular weight is 294 g/mol. The molecule has 5 heteroatoms. The molecule has 0 spiro atoms. The van der Waals surface area contributed by atoms with E-state index in [1.807, 2.05) is 31.2 Å². The van der Waals surface area contributed by atoms with Crippen LogP contribution in [0.4, 0.5) is 18.9 Å². The fourth-order valence-corrected chi connectivity index (χ4v) is 2.06. The summed E-state index contributed by atoms with van der Waals surface area (Å²) in [7, 11) is 0. The molecule has 2 aromatic carbocycles. The predicted octanol–water partition coefficient (Wildman–Crippen LogP) is 4.13. The Morgan fingerprint density at radius 3 is 2.33 bits per heavy atom. The smallest absolute Gasteiger partial charge is 0.377 e. The molecule has 1 unspecified atom stereocenters. The Hall–Kier alpha value is -2.01. The maximum Gasteiger partial charge on any atom is 0.416 e. The maximum atomic E-state index is 12.8. The zero-order chi connectivity index (χ0) is 15.5. The van der Waals surface area contributed by atoms with Gasteiger partial charge in [0.1, 0.15) is 0 Å². The molecule has 1 atom stereocenters. The third-order valence-electron chi connectivity index (χ3n) is 3.24. The van der Waals surface area contributed by atoms with Gasteiger partial charge in [0.15, 0.2) is 0 Å². The molecular formula is C16H17F3N2. The Bertz CT molecular complexity index is 591. The number of rotatable bonds is 4. The van der Waals surface area contributed by atoms with Crippen LogP contribution in [0.25, 0.3) is 0 Å². The molecule has 3 N–H and O–H groups in total. The first-order chi connectivity index (χ1) is 9.90. The van der Waals surface area contributed by atoms with Crippen molar-refractivity contribution in [2.24, 2.45) is 5.73 Å². The number of benzene rings is 2. The topological polar surface area (TPSA) is 38.0 Å². The van der Waals surface area contributed by atoms with Crippen LogP contribution in [0, 0.1) is 6.92 Å². The largest absolute Gasteiger partial charge is 0.416 e. The van der Waals surface area contributed by atoms with Crippen molar-refractivity contribution in [3.63, 3.8) is 0 Å². The molecular weight excluding hydrogens is 277 g/mol. The van der Waals surface area contributed by atoms with Crippen LogP contribution >= 0.6 is 0 Å². The van der Waals surface area contributed by atoms with Gasteiger partial charge in [0.2, 0.25) is 0 Å². The van der Waals surface area contributed by atoms with Crippen LogP contribution in [-0.2, 0) is 6.18 Å². The Morgan fingerprint density at radius 2 is 1.76 bits per heavy atom. The van der Waals surface area contributed by atoms with E-state index < -0.39 is 11.7 Å². The highest BCUT2D eigenvalue weighted by molar-refractivity contribution is 5.47. The summed E-state index contributed by atoms with van der Waals surface area (Å²) in [6.07, 6.45) is -4.35. The van der Waals surface area contributed by atoms with Crippen LogP contribution in [0.2, 0.25) is 0 Å². The summed E-state index contributed by atoms with van der Waals surface area (Å²) in [5.74, 6) is 0. The molecule has 0 aliphatic heterocycles. The van der Waals surface area contributed by atoms with Crippen molar-refractivity contribution in [2.45, 2.75) is 19.1 Å². The highest BCUT2D eigenvalue weighted by Crippen LogP contribution is 2.31. The van der Waals surface area contributed by atoms with Crippen LogP contribution in [0.1, 0.15) is 22.7 Å². The van der Waals surface area contributed by atoms with Crippen LogP contribution in [0.3, 0.4) is 0 Å². The minimum absolute atomic E-state index is 0.204. The molecule has 0 amide bonds. The number of nitrogens with one attached hydrogen (secondary N) is 1. The quantitative estimate of drug-likeness (QED) is 0.890. The highest BCUT2D eigenvalue weighted by Gasteiger charge is 2.30. The average Bonchev–Trinajstić information content (AvgIpc) is 2.46. The standard InChI is InChI=1S/C16H17F3N2/c1-11-5-7-14(8-6-11)21-15(10-20)12-3-2-4-13(9-12)16(17,18)19/h2-9,15,21H,10,20H2,1H3. The van der Waals surface area contributed by atoms with Gasteiger partial charge in [-0.15, -0.1) is 0 Å². The van der Waals surface area contributed by atoms with E-state index >= 15 is 0 Å². The molecule has 2 rings (SSSR count). The van der Waals surface area contributed by atoms with Crippen LogP contribution in [0.5, 0.6) is 0 Å². The first kappa shape index (κ1) is 15.4. The van der Waals surface area contributed by atoms with Gasteiger partial charge in [-0.1, -0.05) is 29.8 Å². The van der Waals surface area contributed by atoms with Gasteiger partial charge < -0.3 is 11.1 Å². The first-order valence-corrected chi connectivity index (χ1v) is 6.60. The molecule has 112 valence electrons. The van der Waals surface area contributed by atoms with E-state index in [1.54, 1.807) is 6.07 Å². The van der Waals surface area contributed by atoms with Gasteiger partial charge in [-0.2, -0.15) is 13.2 Å². The van der Waals surface area contributed by atoms with Crippen molar-refractivity contribution in [1.82, 2.24) is 0 Å². The van der Waals surface area contributed by atoms with E-state index in [-0.39, 0.29) is 12.6 Å². The van der Waals surface area contributed by atoms with Crippen molar-refractivity contribution >= 4 is 5.69 Å². The van der Waals surface area contributed by atoms with Crippen molar-refractivity contribution in [3.8, 4) is 0 Å². The second-order valence-electron chi connectivity index (χ2n) is 4.92. The Morgan fingerprint density at radius 1 is 1.10 bits per heavy atom. The predicted molar refractivity (Wildman–Crippen MR) is 78.0 cm³/mol. The summed E-state index contributed by atoms with van der Waals surface area (Å²) in [5, 5.41) is 3.16. The SMILES string of the molecule is Cc1ccc(NC(CN)c2cccc(C(F)(F)F)c2)cc1. The zero-order valence-electron chi connectivity index (χ0n) is 11.6. The number of halogens is 3. The minimum atomic E-state index is -4.35. The molecule has 0 aromatic heterocycles. The fraction of sp³-hybridized carbons (Fsp3) is 0.250. The number of nitrogens with two attached hydrogens (primary N) is 1.